The molecule has 0 amide bonds. The normalized spacial score (nSPS) is 12.1. The second-order valence-electron chi connectivity index (χ2n) is 5.59. The van der Waals surface area contributed by atoms with E-state index in [0.717, 1.165) is 27.8 Å². The Morgan fingerprint density at radius 2 is 2.04 bits per heavy atom. The minimum Gasteiger partial charge on any atom is -0.476 e. The number of pyridine rings is 1. The molecule has 0 aliphatic rings. The van der Waals surface area contributed by atoms with Crippen LogP contribution in [0.5, 0.6) is 5.88 Å². The van der Waals surface area contributed by atoms with E-state index in [1.54, 1.807) is 11.3 Å². The lowest BCUT2D eigenvalue weighted by atomic mass is 10.3. The molecule has 0 aliphatic heterocycles. The molecule has 0 saturated carbocycles. The maximum Gasteiger partial charge on any atom is 0.417 e. The minimum atomic E-state index is -4.40. The van der Waals surface area contributed by atoms with Gasteiger partial charge in [0.25, 0.3) is 0 Å². The highest BCUT2D eigenvalue weighted by Crippen LogP contribution is 2.29. The van der Waals surface area contributed by atoms with E-state index in [2.05, 4.69) is 25.6 Å². The Hall–Kier alpha value is -2.36. The monoisotopic (exact) mass is 401 g/mol. The van der Waals surface area contributed by atoms with Crippen LogP contribution in [-0.2, 0) is 12.7 Å². The lowest BCUT2D eigenvalue weighted by Gasteiger charge is -2.12. The second kappa shape index (κ2) is 9.54. The van der Waals surface area contributed by atoms with Gasteiger partial charge in [0, 0.05) is 23.7 Å². The van der Waals surface area contributed by atoms with E-state index in [1.807, 2.05) is 20.8 Å². The molecule has 0 saturated heterocycles. The molecule has 0 atom stereocenters. The van der Waals surface area contributed by atoms with Crippen molar-refractivity contribution in [2.45, 2.75) is 33.5 Å². The van der Waals surface area contributed by atoms with Crippen molar-refractivity contribution in [3.8, 4) is 5.88 Å². The number of halogens is 3. The second-order valence-corrected chi connectivity index (χ2v) is 6.88. The van der Waals surface area contributed by atoms with Crippen LogP contribution in [0.3, 0.4) is 0 Å². The van der Waals surface area contributed by atoms with Crippen molar-refractivity contribution in [2.75, 3.05) is 19.7 Å². The summed E-state index contributed by atoms with van der Waals surface area (Å²) in [7, 11) is 0. The van der Waals surface area contributed by atoms with Crippen LogP contribution in [0.25, 0.3) is 0 Å². The lowest BCUT2D eigenvalue weighted by molar-refractivity contribution is -0.137. The molecule has 10 heteroatoms. The van der Waals surface area contributed by atoms with Crippen molar-refractivity contribution in [1.82, 2.24) is 20.6 Å². The largest absolute Gasteiger partial charge is 0.476 e. The van der Waals surface area contributed by atoms with Gasteiger partial charge in [-0.15, -0.1) is 11.3 Å². The molecule has 0 fully saturated rings. The third-order valence-corrected chi connectivity index (χ3v) is 4.49. The van der Waals surface area contributed by atoms with Gasteiger partial charge in [-0.3, -0.25) is 0 Å². The molecule has 27 heavy (non-hydrogen) atoms. The molecule has 2 N–H and O–H groups in total. The summed E-state index contributed by atoms with van der Waals surface area (Å²) in [4.78, 5) is 13.7. The van der Waals surface area contributed by atoms with Gasteiger partial charge in [-0.1, -0.05) is 0 Å². The molecule has 0 aromatic carbocycles. The van der Waals surface area contributed by atoms with Crippen molar-refractivity contribution in [3.63, 3.8) is 0 Å². The fourth-order valence-corrected chi connectivity index (χ4v) is 3.03. The van der Waals surface area contributed by atoms with Crippen LogP contribution in [-0.4, -0.2) is 35.6 Å². The van der Waals surface area contributed by atoms with Crippen LogP contribution in [0, 0.1) is 13.8 Å². The van der Waals surface area contributed by atoms with Gasteiger partial charge in [0.05, 0.1) is 29.4 Å². The van der Waals surface area contributed by atoms with Crippen LogP contribution < -0.4 is 15.4 Å². The maximum absolute atomic E-state index is 12.5. The third-order valence-electron chi connectivity index (χ3n) is 3.43. The Morgan fingerprint density at radius 3 is 2.59 bits per heavy atom. The summed E-state index contributed by atoms with van der Waals surface area (Å²) in [6.45, 7) is 7.76. The summed E-state index contributed by atoms with van der Waals surface area (Å²) in [5.74, 6) is 0.773. The Bertz CT molecular complexity index is 759. The number of alkyl halides is 3. The van der Waals surface area contributed by atoms with Crippen LogP contribution in [0.2, 0.25) is 0 Å². The molecule has 0 bridgehead atoms. The van der Waals surface area contributed by atoms with Crippen molar-refractivity contribution < 1.29 is 17.9 Å². The van der Waals surface area contributed by atoms with Crippen molar-refractivity contribution in [3.05, 3.63) is 39.5 Å². The first-order valence-corrected chi connectivity index (χ1v) is 9.22. The van der Waals surface area contributed by atoms with E-state index >= 15 is 0 Å². The number of guanidine groups is 1. The highest BCUT2D eigenvalue weighted by molar-refractivity contribution is 7.11. The van der Waals surface area contributed by atoms with E-state index < -0.39 is 11.7 Å². The Labute approximate surface area is 159 Å². The minimum absolute atomic E-state index is 0.141. The number of rotatable bonds is 7. The zero-order chi connectivity index (χ0) is 19.9. The van der Waals surface area contributed by atoms with Crippen molar-refractivity contribution in [2.24, 2.45) is 4.99 Å². The van der Waals surface area contributed by atoms with Crippen LogP contribution in [0.4, 0.5) is 13.2 Å². The molecule has 148 valence electrons. The van der Waals surface area contributed by atoms with Crippen LogP contribution in [0.1, 0.15) is 28.1 Å². The van der Waals surface area contributed by atoms with E-state index in [9.17, 15) is 13.2 Å². The molecular weight excluding hydrogens is 379 g/mol. The molecule has 6 nitrogen and oxygen atoms in total. The number of hydrogen-bond acceptors (Lipinski definition) is 5. The summed E-state index contributed by atoms with van der Waals surface area (Å²) < 4.78 is 42.8. The van der Waals surface area contributed by atoms with Gasteiger partial charge in [0.15, 0.2) is 5.96 Å². The van der Waals surface area contributed by atoms with Gasteiger partial charge in [-0.2, -0.15) is 13.2 Å². The Balaban J connectivity index is 1.82. The topological polar surface area (TPSA) is 71.4 Å². The molecule has 2 heterocycles. The number of aliphatic imine (C=N–C) groups is 1. The summed E-state index contributed by atoms with van der Waals surface area (Å²) in [5, 5.41) is 7.25. The number of hydrogen-bond donors (Lipinski definition) is 2. The van der Waals surface area contributed by atoms with E-state index in [0.29, 0.717) is 25.6 Å². The quantitative estimate of drug-likeness (QED) is 0.423. The molecule has 0 aliphatic carbocycles. The van der Waals surface area contributed by atoms with E-state index in [-0.39, 0.29) is 12.5 Å². The van der Waals surface area contributed by atoms with Crippen LogP contribution in [0.15, 0.2) is 23.3 Å². The summed E-state index contributed by atoms with van der Waals surface area (Å²) in [6, 6.07) is 2.15. The number of nitrogens with one attached hydrogen (secondary N) is 2. The number of nitrogens with zero attached hydrogens (tertiary/aromatic N) is 3. The highest BCUT2D eigenvalue weighted by Gasteiger charge is 2.30. The molecule has 2 rings (SSSR count). The average molecular weight is 401 g/mol. The predicted octanol–water partition coefficient (Wildman–Crippen LogP) is 3.31. The smallest absolute Gasteiger partial charge is 0.417 e. The van der Waals surface area contributed by atoms with Gasteiger partial charge in [-0.25, -0.2) is 15.0 Å². The third kappa shape index (κ3) is 6.70. The zero-order valence-corrected chi connectivity index (χ0v) is 16.2. The van der Waals surface area contributed by atoms with E-state index in [4.69, 9.17) is 4.74 Å². The number of ether oxygens (including phenoxy) is 1. The first-order chi connectivity index (χ1) is 12.8. The van der Waals surface area contributed by atoms with Gasteiger partial charge in [-0.05, 0) is 26.8 Å². The number of aryl methyl sites for hydroxylation is 2. The molecule has 0 radical (unpaired) electrons. The van der Waals surface area contributed by atoms with Crippen LogP contribution >= 0.6 is 11.3 Å². The van der Waals surface area contributed by atoms with Gasteiger partial charge >= 0.3 is 6.18 Å². The van der Waals surface area contributed by atoms with Crippen molar-refractivity contribution >= 4 is 17.3 Å². The predicted molar refractivity (Wildman–Crippen MR) is 99.1 cm³/mol. The number of thiazole rings is 1. The molecule has 2 aromatic heterocycles. The molecular formula is C17H22F3N5OS. The molecule has 2 aromatic rings. The number of aromatic nitrogens is 2. The highest BCUT2D eigenvalue weighted by atomic mass is 32.1. The fraction of sp³-hybridized carbons (Fsp3) is 0.471. The summed E-state index contributed by atoms with van der Waals surface area (Å²) >= 11 is 1.62. The standard InChI is InChI=1S/C17H22F3N5OS/c1-4-21-16(24-10-14-11(2)25-12(3)27-14)22-7-8-26-15-6-5-13(9-23-15)17(18,19)20/h5-6,9H,4,7-8,10H2,1-3H3,(H2,21,22,24). The molecule has 0 spiro atoms. The lowest BCUT2D eigenvalue weighted by Crippen LogP contribution is -2.39. The fourth-order valence-electron chi connectivity index (χ4n) is 2.17. The van der Waals surface area contributed by atoms with Crippen molar-refractivity contribution in [1.29, 1.82) is 0 Å². The Morgan fingerprint density at radius 1 is 1.26 bits per heavy atom. The first kappa shape index (κ1) is 20.9. The first-order valence-electron chi connectivity index (χ1n) is 8.40. The van der Waals surface area contributed by atoms with E-state index in [1.165, 1.54) is 6.07 Å². The SMILES string of the molecule is CCNC(=NCc1sc(C)nc1C)NCCOc1ccc(C(F)(F)F)cn1. The van der Waals surface area contributed by atoms with Gasteiger partial charge < -0.3 is 15.4 Å². The summed E-state index contributed by atoms with van der Waals surface area (Å²) in [6.07, 6.45) is -3.65. The summed E-state index contributed by atoms with van der Waals surface area (Å²) in [5.41, 5.74) is 0.178. The maximum atomic E-state index is 12.5. The molecule has 0 unspecified atom stereocenters. The Kier molecular flexibility index (Phi) is 7.40. The average Bonchev–Trinajstić information content (AvgIpc) is 2.93. The van der Waals surface area contributed by atoms with Gasteiger partial charge in [0.1, 0.15) is 6.61 Å². The zero-order valence-electron chi connectivity index (χ0n) is 15.4. The van der Waals surface area contributed by atoms with Gasteiger partial charge in [0.2, 0.25) is 5.88 Å².